The third-order valence-corrected chi connectivity index (χ3v) is 5.43. The molecule has 10 heteroatoms. The molecule has 0 spiro atoms. The molecule has 3 aromatic rings. The number of sulfonamides is 1. The Morgan fingerprint density at radius 1 is 1.13 bits per heavy atom. The SMILES string of the molecule is COc1ccc(S(=O)(=O)Nc2cccc(-c3nc(C)cc(=O)[nH]3)c2)cc1NC(C)=O. The molecule has 0 aliphatic heterocycles. The van der Waals surface area contributed by atoms with E-state index in [1.165, 1.54) is 38.3 Å². The van der Waals surface area contributed by atoms with Crippen LogP contribution in [0, 0.1) is 6.92 Å². The second-order valence-corrected chi connectivity index (χ2v) is 8.15. The summed E-state index contributed by atoms with van der Waals surface area (Å²) in [5.41, 5.74) is 1.32. The first kappa shape index (κ1) is 21.1. The van der Waals surface area contributed by atoms with Crippen LogP contribution >= 0.6 is 0 Å². The highest BCUT2D eigenvalue weighted by molar-refractivity contribution is 7.92. The van der Waals surface area contributed by atoms with Crippen molar-refractivity contribution in [3.05, 3.63) is 64.6 Å². The van der Waals surface area contributed by atoms with Crippen LogP contribution in [0.5, 0.6) is 5.75 Å². The van der Waals surface area contributed by atoms with Crippen LogP contribution in [0.1, 0.15) is 12.6 Å². The lowest BCUT2D eigenvalue weighted by Gasteiger charge is -2.13. The van der Waals surface area contributed by atoms with Crippen molar-refractivity contribution in [1.82, 2.24) is 9.97 Å². The third kappa shape index (κ3) is 4.84. The summed E-state index contributed by atoms with van der Waals surface area (Å²) in [7, 11) is -2.54. The highest BCUT2D eigenvalue weighted by Gasteiger charge is 2.18. The van der Waals surface area contributed by atoms with E-state index in [-0.39, 0.29) is 27.7 Å². The van der Waals surface area contributed by atoms with Crippen LogP contribution in [0.25, 0.3) is 11.4 Å². The van der Waals surface area contributed by atoms with E-state index in [2.05, 4.69) is 20.0 Å². The van der Waals surface area contributed by atoms with E-state index in [4.69, 9.17) is 4.74 Å². The molecule has 0 unspecified atom stereocenters. The van der Waals surface area contributed by atoms with Crippen molar-refractivity contribution in [2.45, 2.75) is 18.7 Å². The van der Waals surface area contributed by atoms with Crippen LogP contribution < -0.4 is 20.3 Å². The number of nitrogens with zero attached hydrogens (tertiary/aromatic N) is 1. The van der Waals surface area contributed by atoms with Gasteiger partial charge in [0.25, 0.3) is 15.6 Å². The van der Waals surface area contributed by atoms with E-state index in [1.807, 2.05) is 0 Å². The van der Waals surface area contributed by atoms with Crippen LogP contribution in [0.3, 0.4) is 0 Å². The molecule has 0 radical (unpaired) electrons. The lowest BCUT2D eigenvalue weighted by atomic mass is 10.2. The van der Waals surface area contributed by atoms with E-state index in [9.17, 15) is 18.0 Å². The van der Waals surface area contributed by atoms with Crippen molar-refractivity contribution in [2.24, 2.45) is 0 Å². The maximum absolute atomic E-state index is 12.9. The van der Waals surface area contributed by atoms with E-state index in [0.29, 0.717) is 22.8 Å². The third-order valence-electron chi connectivity index (χ3n) is 4.05. The summed E-state index contributed by atoms with van der Waals surface area (Å²) in [6, 6.07) is 12.0. The molecule has 2 aromatic carbocycles. The zero-order valence-corrected chi connectivity index (χ0v) is 17.3. The molecule has 0 aliphatic carbocycles. The Morgan fingerprint density at radius 3 is 2.57 bits per heavy atom. The molecule has 1 amide bonds. The number of hydrogen-bond donors (Lipinski definition) is 3. The number of carbonyl (C=O) groups is 1. The van der Waals surface area contributed by atoms with E-state index in [0.717, 1.165) is 0 Å². The number of aryl methyl sites for hydroxylation is 1. The second-order valence-electron chi connectivity index (χ2n) is 6.46. The van der Waals surface area contributed by atoms with Gasteiger partial charge in [-0.05, 0) is 37.3 Å². The standard InChI is InChI=1S/C20H20N4O5S/c1-12-9-19(26)23-20(21-12)14-5-4-6-15(10-14)24-30(27,28)16-7-8-18(29-3)17(11-16)22-13(2)25/h4-11,24H,1-3H3,(H,22,25)(H,21,23,26). The topological polar surface area (TPSA) is 130 Å². The summed E-state index contributed by atoms with van der Waals surface area (Å²) in [5, 5.41) is 2.54. The van der Waals surface area contributed by atoms with Gasteiger partial charge in [0, 0.05) is 29.9 Å². The molecule has 1 aromatic heterocycles. The number of rotatable bonds is 6. The Hall–Kier alpha value is -3.66. The highest BCUT2D eigenvalue weighted by atomic mass is 32.2. The normalized spacial score (nSPS) is 11.0. The smallest absolute Gasteiger partial charge is 0.261 e. The number of hydrogen-bond acceptors (Lipinski definition) is 6. The Bertz CT molecular complexity index is 1270. The van der Waals surface area contributed by atoms with Crippen LogP contribution in [-0.2, 0) is 14.8 Å². The number of carbonyl (C=O) groups excluding carboxylic acids is 1. The number of methoxy groups -OCH3 is 1. The summed E-state index contributed by atoms with van der Waals surface area (Å²) < 4.78 is 33.4. The van der Waals surface area contributed by atoms with Gasteiger partial charge in [0.05, 0.1) is 17.7 Å². The van der Waals surface area contributed by atoms with Crippen molar-refractivity contribution >= 4 is 27.3 Å². The largest absolute Gasteiger partial charge is 0.495 e. The maximum Gasteiger partial charge on any atom is 0.261 e. The first-order valence-electron chi connectivity index (χ1n) is 8.85. The number of amides is 1. The summed E-state index contributed by atoms with van der Waals surface area (Å²) in [6.45, 7) is 3.01. The summed E-state index contributed by atoms with van der Waals surface area (Å²) in [4.78, 5) is 29.9. The second kappa shape index (κ2) is 8.37. The molecule has 0 bridgehead atoms. The Morgan fingerprint density at radius 2 is 1.90 bits per heavy atom. The van der Waals surface area contributed by atoms with Gasteiger partial charge < -0.3 is 15.0 Å². The fourth-order valence-corrected chi connectivity index (χ4v) is 3.88. The number of ether oxygens (including phenoxy) is 1. The van der Waals surface area contributed by atoms with Gasteiger partial charge in [-0.3, -0.25) is 14.3 Å². The van der Waals surface area contributed by atoms with Crippen molar-refractivity contribution < 1.29 is 17.9 Å². The predicted octanol–water partition coefficient (Wildman–Crippen LogP) is 2.51. The zero-order chi connectivity index (χ0) is 21.9. The molecule has 9 nitrogen and oxygen atoms in total. The number of nitrogens with one attached hydrogen (secondary N) is 3. The van der Waals surface area contributed by atoms with Gasteiger partial charge in [-0.15, -0.1) is 0 Å². The molecular formula is C20H20N4O5S. The quantitative estimate of drug-likeness (QED) is 0.553. The van der Waals surface area contributed by atoms with E-state index >= 15 is 0 Å². The monoisotopic (exact) mass is 428 g/mol. The lowest BCUT2D eigenvalue weighted by molar-refractivity contribution is -0.114. The van der Waals surface area contributed by atoms with Gasteiger partial charge in [-0.25, -0.2) is 13.4 Å². The van der Waals surface area contributed by atoms with Gasteiger partial charge >= 0.3 is 0 Å². The molecule has 0 atom stereocenters. The molecule has 0 saturated heterocycles. The number of anilines is 2. The van der Waals surface area contributed by atoms with Crippen molar-refractivity contribution in [3.63, 3.8) is 0 Å². The molecule has 156 valence electrons. The summed E-state index contributed by atoms with van der Waals surface area (Å²) in [5.74, 6) is 0.308. The molecular weight excluding hydrogens is 408 g/mol. The fourth-order valence-electron chi connectivity index (χ4n) is 2.80. The van der Waals surface area contributed by atoms with Gasteiger partial charge in [0.15, 0.2) is 0 Å². The van der Waals surface area contributed by atoms with Gasteiger partial charge in [-0.2, -0.15) is 0 Å². The van der Waals surface area contributed by atoms with Crippen molar-refractivity contribution in [1.29, 1.82) is 0 Å². The van der Waals surface area contributed by atoms with E-state index < -0.39 is 10.0 Å². The first-order chi connectivity index (χ1) is 14.2. The number of aromatic nitrogens is 2. The van der Waals surface area contributed by atoms with Gasteiger partial charge in [0.2, 0.25) is 5.91 Å². The van der Waals surface area contributed by atoms with Gasteiger partial charge in [-0.1, -0.05) is 12.1 Å². The molecule has 30 heavy (non-hydrogen) atoms. The lowest BCUT2D eigenvalue weighted by Crippen LogP contribution is -2.14. The minimum Gasteiger partial charge on any atom is -0.495 e. The predicted molar refractivity (Wildman–Crippen MR) is 113 cm³/mol. The molecule has 0 fully saturated rings. The Balaban J connectivity index is 1.94. The zero-order valence-electron chi connectivity index (χ0n) is 16.5. The van der Waals surface area contributed by atoms with E-state index in [1.54, 1.807) is 31.2 Å². The minimum absolute atomic E-state index is 0.0560. The van der Waals surface area contributed by atoms with Crippen molar-refractivity contribution in [2.75, 3.05) is 17.1 Å². The van der Waals surface area contributed by atoms with Crippen LogP contribution in [0.4, 0.5) is 11.4 Å². The Labute approximate surface area is 173 Å². The number of benzene rings is 2. The van der Waals surface area contributed by atoms with Crippen LogP contribution in [0.2, 0.25) is 0 Å². The minimum atomic E-state index is -3.96. The molecule has 3 N–H and O–H groups in total. The van der Waals surface area contributed by atoms with Crippen LogP contribution in [-0.4, -0.2) is 31.4 Å². The Kier molecular flexibility index (Phi) is 5.88. The van der Waals surface area contributed by atoms with Crippen molar-refractivity contribution in [3.8, 4) is 17.1 Å². The summed E-state index contributed by atoms with van der Waals surface area (Å²) >= 11 is 0. The molecule has 0 aliphatic rings. The average Bonchev–Trinajstić information content (AvgIpc) is 2.66. The molecule has 0 saturated carbocycles. The summed E-state index contributed by atoms with van der Waals surface area (Å²) in [6.07, 6.45) is 0. The number of aromatic amines is 1. The average molecular weight is 428 g/mol. The first-order valence-corrected chi connectivity index (χ1v) is 10.3. The maximum atomic E-state index is 12.9. The molecule has 3 rings (SSSR count). The van der Waals surface area contributed by atoms with Gasteiger partial charge in [0.1, 0.15) is 11.6 Å². The van der Waals surface area contributed by atoms with Crippen LogP contribution in [0.15, 0.2) is 58.2 Å². The fraction of sp³-hybridized carbons (Fsp3) is 0.150. The highest BCUT2D eigenvalue weighted by Crippen LogP contribution is 2.29. The molecule has 1 heterocycles. The number of H-pyrrole nitrogens is 1.